The van der Waals surface area contributed by atoms with Gasteiger partial charge in [0.05, 0.1) is 17.7 Å². The first-order valence-electron chi connectivity index (χ1n) is 6.83. The number of fused-ring (bicyclic) bond motifs is 1. The van der Waals surface area contributed by atoms with Crippen molar-refractivity contribution in [2.75, 3.05) is 13.1 Å². The van der Waals surface area contributed by atoms with E-state index in [2.05, 4.69) is 29.6 Å². The van der Waals surface area contributed by atoms with Crippen molar-refractivity contribution in [1.29, 1.82) is 0 Å². The number of hydrogen-bond donors (Lipinski definition) is 1. The summed E-state index contributed by atoms with van der Waals surface area (Å²) < 4.78 is 5.97. The molecular weight excluding hydrogens is 258 g/mol. The lowest BCUT2D eigenvalue weighted by atomic mass is 10.1. The van der Waals surface area contributed by atoms with E-state index in [0.717, 1.165) is 41.9 Å². The van der Waals surface area contributed by atoms with Gasteiger partial charge in [-0.3, -0.25) is 0 Å². The van der Waals surface area contributed by atoms with E-state index in [1.54, 1.807) is 0 Å². The van der Waals surface area contributed by atoms with Crippen LogP contribution in [0.1, 0.15) is 18.4 Å². The topological polar surface area (TPSA) is 21.3 Å². The fraction of sp³-hybridized carbons (Fsp3) is 0.375. The molecule has 0 radical (unpaired) electrons. The normalized spacial score (nSPS) is 16.9. The molecule has 2 nitrogen and oxygen atoms in total. The standard InChI is InChI=1S/C16H18ClNO/c17-16-13(11-19-14-7-9-18-10-8-14)6-5-12-3-1-2-4-15(12)16/h1-6,14,18H,7-11H2. The van der Waals surface area contributed by atoms with Crippen LogP contribution in [-0.4, -0.2) is 19.2 Å². The molecule has 1 fully saturated rings. The van der Waals surface area contributed by atoms with E-state index in [1.165, 1.54) is 5.39 Å². The lowest BCUT2D eigenvalue weighted by Crippen LogP contribution is -2.32. The summed E-state index contributed by atoms with van der Waals surface area (Å²) in [6, 6.07) is 12.4. The number of halogens is 1. The maximum Gasteiger partial charge on any atom is 0.0735 e. The summed E-state index contributed by atoms with van der Waals surface area (Å²) in [5.41, 5.74) is 1.08. The molecule has 2 aromatic carbocycles. The summed E-state index contributed by atoms with van der Waals surface area (Å²) in [5.74, 6) is 0. The number of rotatable bonds is 3. The molecule has 0 aromatic heterocycles. The van der Waals surface area contributed by atoms with Gasteiger partial charge in [0, 0.05) is 5.39 Å². The smallest absolute Gasteiger partial charge is 0.0735 e. The number of nitrogens with one attached hydrogen (secondary N) is 1. The quantitative estimate of drug-likeness (QED) is 0.921. The van der Waals surface area contributed by atoms with Crippen LogP contribution in [0.25, 0.3) is 10.8 Å². The largest absolute Gasteiger partial charge is 0.373 e. The fourth-order valence-electron chi connectivity index (χ4n) is 2.56. The van der Waals surface area contributed by atoms with Crippen molar-refractivity contribution in [2.24, 2.45) is 0 Å². The number of benzene rings is 2. The molecule has 0 saturated carbocycles. The second-order valence-electron chi connectivity index (χ2n) is 5.02. The maximum absolute atomic E-state index is 6.47. The highest BCUT2D eigenvalue weighted by atomic mass is 35.5. The second kappa shape index (κ2) is 5.91. The highest BCUT2D eigenvalue weighted by Crippen LogP contribution is 2.28. The first-order valence-corrected chi connectivity index (χ1v) is 7.21. The molecule has 100 valence electrons. The van der Waals surface area contributed by atoms with E-state index in [1.807, 2.05) is 12.1 Å². The summed E-state index contributed by atoms with van der Waals surface area (Å²) >= 11 is 6.47. The Labute approximate surface area is 118 Å². The van der Waals surface area contributed by atoms with Crippen LogP contribution in [-0.2, 0) is 11.3 Å². The van der Waals surface area contributed by atoms with E-state index in [0.29, 0.717) is 12.7 Å². The van der Waals surface area contributed by atoms with Crippen LogP contribution in [0.15, 0.2) is 36.4 Å². The SMILES string of the molecule is Clc1c(COC2CCNCC2)ccc2ccccc12. The molecule has 0 amide bonds. The van der Waals surface area contributed by atoms with Gasteiger partial charge in [0.15, 0.2) is 0 Å². The Kier molecular flexibility index (Phi) is 4.02. The minimum atomic E-state index is 0.365. The van der Waals surface area contributed by atoms with E-state index >= 15 is 0 Å². The number of piperidine rings is 1. The average Bonchev–Trinajstić information content (AvgIpc) is 2.48. The third kappa shape index (κ3) is 2.92. The fourth-order valence-corrected chi connectivity index (χ4v) is 2.85. The van der Waals surface area contributed by atoms with Crippen LogP contribution in [0, 0.1) is 0 Å². The molecular formula is C16H18ClNO. The summed E-state index contributed by atoms with van der Waals surface area (Å²) in [4.78, 5) is 0. The lowest BCUT2D eigenvalue weighted by molar-refractivity contribution is 0.0213. The van der Waals surface area contributed by atoms with E-state index < -0.39 is 0 Å². The molecule has 0 unspecified atom stereocenters. The van der Waals surface area contributed by atoms with Gasteiger partial charge < -0.3 is 10.1 Å². The van der Waals surface area contributed by atoms with Crippen LogP contribution >= 0.6 is 11.6 Å². The molecule has 0 aliphatic carbocycles. The van der Waals surface area contributed by atoms with Gasteiger partial charge in [-0.1, -0.05) is 48.0 Å². The Morgan fingerprint density at radius 2 is 1.89 bits per heavy atom. The van der Waals surface area contributed by atoms with Gasteiger partial charge in [0.1, 0.15) is 0 Å². The van der Waals surface area contributed by atoms with Gasteiger partial charge in [0.2, 0.25) is 0 Å². The molecule has 1 N–H and O–H groups in total. The van der Waals surface area contributed by atoms with Crippen LogP contribution < -0.4 is 5.32 Å². The number of ether oxygens (including phenoxy) is 1. The highest BCUT2D eigenvalue weighted by Gasteiger charge is 2.14. The van der Waals surface area contributed by atoms with Crippen molar-refractivity contribution in [3.05, 3.63) is 47.0 Å². The average molecular weight is 276 g/mol. The molecule has 0 bridgehead atoms. The first kappa shape index (κ1) is 12.9. The van der Waals surface area contributed by atoms with Crippen LogP contribution in [0.5, 0.6) is 0 Å². The Morgan fingerprint density at radius 3 is 2.74 bits per heavy atom. The first-order chi connectivity index (χ1) is 9.34. The maximum atomic E-state index is 6.47. The molecule has 19 heavy (non-hydrogen) atoms. The molecule has 1 saturated heterocycles. The van der Waals surface area contributed by atoms with Crippen LogP contribution in [0.2, 0.25) is 5.02 Å². The zero-order valence-electron chi connectivity index (χ0n) is 10.9. The highest BCUT2D eigenvalue weighted by molar-refractivity contribution is 6.36. The summed E-state index contributed by atoms with van der Waals surface area (Å²) in [6.07, 6.45) is 2.54. The summed E-state index contributed by atoms with van der Waals surface area (Å²) in [6.45, 7) is 2.71. The van der Waals surface area contributed by atoms with Crippen molar-refractivity contribution < 1.29 is 4.74 Å². The van der Waals surface area contributed by atoms with Crippen molar-refractivity contribution >= 4 is 22.4 Å². The predicted octanol–water partition coefficient (Wildman–Crippen LogP) is 3.76. The Bertz CT molecular complexity index is 564. The molecule has 0 spiro atoms. The van der Waals surface area contributed by atoms with Gasteiger partial charge in [0.25, 0.3) is 0 Å². The third-order valence-electron chi connectivity index (χ3n) is 3.70. The van der Waals surface area contributed by atoms with E-state index in [9.17, 15) is 0 Å². The predicted molar refractivity (Wildman–Crippen MR) is 79.6 cm³/mol. The van der Waals surface area contributed by atoms with Crippen molar-refractivity contribution in [2.45, 2.75) is 25.6 Å². The summed E-state index contributed by atoms with van der Waals surface area (Å²) in [7, 11) is 0. The number of hydrogen-bond acceptors (Lipinski definition) is 2. The molecule has 3 heteroatoms. The zero-order valence-corrected chi connectivity index (χ0v) is 11.6. The molecule has 1 aliphatic heterocycles. The molecule has 3 rings (SSSR count). The molecule has 1 aliphatic rings. The Balaban J connectivity index is 1.75. The molecule has 2 aromatic rings. The van der Waals surface area contributed by atoms with Crippen molar-refractivity contribution in [3.8, 4) is 0 Å². The third-order valence-corrected chi connectivity index (χ3v) is 4.15. The van der Waals surface area contributed by atoms with Gasteiger partial charge >= 0.3 is 0 Å². The van der Waals surface area contributed by atoms with Crippen molar-refractivity contribution in [3.63, 3.8) is 0 Å². The minimum absolute atomic E-state index is 0.365. The van der Waals surface area contributed by atoms with Crippen molar-refractivity contribution in [1.82, 2.24) is 5.32 Å². The zero-order chi connectivity index (χ0) is 13.1. The Hall–Kier alpha value is -1.09. The second-order valence-corrected chi connectivity index (χ2v) is 5.40. The minimum Gasteiger partial charge on any atom is -0.373 e. The van der Waals surface area contributed by atoms with Gasteiger partial charge in [-0.15, -0.1) is 0 Å². The van der Waals surface area contributed by atoms with Gasteiger partial charge in [-0.2, -0.15) is 0 Å². The molecule has 0 atom stereocenters. The van der Waals surface area contributed by atoms with Gasteiger partial charge in [-0.25, -0.2) is 0 Å². The summed E-state index contributed by atoms with van der Waals surface area (Å²) in [5, 5.41) is 6.45. The van der Waals surface area contributed by atoms with E-state index in [-0.39, 0.29) is 0 Å². The monoisotopic (exact) mass is 275 g/mol. The van der Waals surface area contributed by atoms with Crippen LogP contribution in [0.4, 0.5) is 0 Å². The van der Waals surface area contributed by atoms with E-state index in [4.69, 9.17) is 16.3 Å². The van der Waals surface area contributed by atoms with Gasteiger partial charge in [-0.05, 0) is 36.9 Å². The van der Waals surface area contributed by atoms with Crippen LogP contribution in [0.3, 0.4) is 0 Å². The lowest BCUT2D eigenvalue weighted by Gasteiger charge is -2.23. The molecule has 1 heterocycles. The Morgan fingerprint density at radius 1 is 1.11 bits per heavy atom.